The lowest BCUT2D eigenvalue weighted by Gasteiger charge is -2.33. The number of aromatic nitrogens is 2. The molecule has 2 N–H and O–H groups in total. The monoisotopic (exact) mass is 396 g/mol. The smallest absolute Gasteiger partial charge is 0.224 e. The van der Waals surface area contributed by atoms with E-state index in [-0.39, 0.29) is 30.0 Å². The van der Waals surface area contributed by atoms with Crippen LogP contribution in [0.1, 0.15) is 18.4 Å². The highest BCUT2D eigenvalue weighted by atomic mass is 19.1. The summed E-state index contributed by atoms with van der Waals surface area (Å²) in [4.78, 5) is 14.5. The molecular formula is C22H22F2N4O. The number of rotatable bonds is 5. The normalized spacial score (nSPS) is 16.6. The van der Waals surface area contributed by atoms with Crippen LogP contribution in [0, 0.1) is 11.6 Å². The fourth-order valence-electron chi connectivity index (χ4n) is 3.66. The van der Waals surface area contributed by atoms with Gasteiger partial charge in [0.15, 0.2) is 5.82 Å². The lowest BCUT2D eigenvalue weighted by atomic mass is 10.0. The molecule has 1 fully saturated rings. The number of H-pyrrole nitrogens is 1. The van der Waals surface area contributed by atoms with Crippen molar-refractivity contribution in [3.8, 4) is 11.3 Å². The number of nitrogens with one attached hydrogen (secondary N) is 2. The summed E-state index contributed by atoms with van der Waals surface area (Å²) in [6.07, 6.45) is 1.98. The summed E-state index contributed by atoms with van der Waals surface area (Å²) in [6, 6.07) is 14.3. The first-order chi connectivity index (χ1) is 14.1. The molecule has 1 aliphatic rings. The third kappa shape index (κ3) is 4.80. The Morgan fingerprint density at radius 3 is 2.76 bits per heavy atom. The predicted octanol–water partition coefficient (Wildman–Crippen LogP) is 3.68. The van der Waals surface area contributed by atoms with E-state index in [1.165, 1.54) is 24.3 Å². The molecule has 1 atom stereocenters. The second-order valence-corrected chi connectivity index (χ2v) is 7.31. The predicted molar refractivity (Wildman–Crippen MR) is 107 cm³/mol. The van der Waals surface area contributed by atoms with E-state index in [2.05, 4.69) is 20.4 Å². The maximum atomic E-state index is 13.3. The van der Waals surface area contributed by atoms with E-state index in [9.17, 15) is 13.6 Å². The average molecular weight is 396 g/mol. The van der Waals surface area contributed by atoms with E-state index in [1.54, 1.807) is 24.3 Å². The number of carbonyl (C=O) groups excluding carboxylic acids is 1. The Morgan fingerprint density at radius 2 is 1.97 bits per heavy atom. The minimum absolute atomic E-state index is 0.00998. The van der Waals surface area contributed by atoms with E-state index in [4.69, 9.17) is 0 Å². The number of benzene rings is 2. The van der Waals surface area contributed by atoms with E-state index in [1.807, 2.05) is 6.07 Å². The first kappa shape index (κ1) is 19.1. The van der Waals surface area contributed by atoms with Crippen LogP contribution >= 0.6 is 0 Å². The zero-order valence-electron chi connectivity index (χ0n) is 15.9. The highest BCUT2D eigenvalue weighted by Gasteiger charge is 2.23. The molecule has 29 heavy (non-hydrogen) atoms. The van der Waals surface area contributed by atoms with Crippen molar-refractivity contribution < 1.29 is 13.6 Å². The molecule has 2 aromatic carbocycles. The van der Waals surface area contributed by atoms with Crippen LogP contribution in [-0.2, 0) is 11.2 Å². The van der Waals surface area contributed by atoms with Crippen molar-refractivity contribution in [2.75, 3.05) is 18.0 Å². The lowest BCUT2D eigenvalue weighted by molar-refractivity contribution is -0.121. The highest BCUT2D eigenvalue weighted by Crippen LogP contribution is 2.24. The first-order valence-corrected chi connectivity index (χ1v) is 9.67. The van der Waals surface area contributed by atoms with Crippen LogP contribution in [0.25, 0.3) is 11.3 Å². The first-order valence-electron chi connectivity index (χ1n) is 9.67. The van der Waals surface area contributed by atoms with Crippen molar-refractivity contribution in [2.45, 2.75) is 25.3 Å². The summed E-state index contributed by atoms with van der Waals surface area (Å²) in [5.41, 5.74) is 2.34. The minimum atomic E-state index is -0.338. The Balaban J connectivity index is 1.37. The zero-order chi connectivity index (χ0) is 20.2. The van der Waals surface area contributed by atoms with Gasteiger partial charge in [-0.1, -0.05) is 12.1 Å². The molecule has 0 radical (unpaired) electrons. The highest BCUT2D eigenvalue weighted by molar-refractivity contribution is 5.79. The number of hydrogen-bond acceptors (Lipinski definition) is 3. The lowest BCUT2D eigenvalue weighted by Crippen LogP contribution is -2.48. The van der Waals surface area contributed by atoms with Crippen LogP contribution in [0.15, 0.2) is 54.6 Å². The minimum Gasteiger partial charge on any atom is -0.353 e. The van der Waals surface area contributed by atoms with Gasteiger partial charge in [0, 0.05) is 25.2 Å². The molecule has 0 spiro atoms. The van der Waals surface area contributed by atoms with Crippen LogP contribution in [0.2, 0.25) is 0 Å². The summed E-state index contributed by atoms with van der Waals surface area (Å²) < 4.78 is 26.4. The van der Waals surface area contributed by atoms with Gasteiger partial charge in [-0.25, -0.2) is 8.78 Å². The molecule has 2 heterocycles. The molecule has 4 rings (SSSR count). The van der Waals surface area contributed by atoms with Crippen molar-refractivity contribution in [3.05, 3.63) is 71.8 Å². The van der Waals surface area contributed by atoms with Gasteiger partial charge in [-0.15, -0.1) is 0 Å². The zero-order valence-corrected chi connectivity index (χ0v) is 15.9. The molecule has 1 aromatic heterocycles. The number of halogens is 2. The van der Waals surface area contributed by atoms with Gasteiger partial charge >= 0.3 is 0 Å². The van der Waals surface area contributed by atoms with Crippen molar-refractivity contribution in [2.24, 2.45) is 0 Å². The number of carbonyl (C=O) groups is 1. The van der Waals surface area contributed by atoms with Crippen LogP contribution in [-0.4, -0.2) is 35.2 Å². The molecule has 0 saturated carbocycles. The van der Waals surface area contributed by atoms with Crippen molar-refractivity contribution in [1.82, 2.24) is 15.5 Å². The van der Waals surface area contributed by atoms with Crippen molar-refractivity contribution in [1.29, 1.82) is 0 Å². The molecule has 0 unspecified atom stereocenters. The number of hydrogen-bond donors (Lipinski definition) is 2. The van der Waals surface area contributed by atoms with Crippen LogP contribution < -0.4 is 10.2 Å². The van der Waals surface area contributed by atoms with E-state index in [0.717, 1.165) is 36.5 Å². The average Bonchev–Trinajstić information content (AvgIpc) is 3.19. The van der Waals surface area contributed by atoms with Gasteiger partial charge in [0.1, 0.15) is 11.6 Å². The summed E-state index contributed by atoms with van der Waals surface area (Å²) in [7, 11) is 0. The summed E-state index contributed by atoms with van der Waals surface area (Å²) in [5.74, 6) is 0.0702. The third-order valence-electron chi connectivity index (χ3n) is 5.08. The SMILES string of the molecule is O=C(Cc1cccc(F)c1)N[C@H]1CCCN(c2cc(-c3ccc(F)cc3)[nH]n2)C1. The fourth-order valence-corrected chi connectivity index (χ4v) is 3.66. The summed E-state index contributed by atoms with van der Waals surface area (Å²) in [5, 5.41) is 10.4. The molecule has 0 aliphatic carbocycles. The maximum Gasteiger partial charge on any atom is 0.224 e. The fraction of sp³-hybridized carbons (Fsp3) is 0.273. The molecule has 1 saturated heterocycles. The van der Waals surface area contributed by atoms with Crippen molar-refractivity contribution >= 4 is 11.7 Å². The molecule has 0 bridgehead atoms. The van der Waals surface area contributed by atoms with Crippen LogP contribution in [0.3, 0.4) is 0 Å². The Kier molecular flexibility index (Phi) is 5.55. The van der Waals surface area contributed by atoms with Crippen LogP contribution in [0.4, 0.5) is 14.6 Å². The maximum absolute atomic E-state index is 13.3. The molecule has 7 heteroatoms. The standard InChI is InChI=1S/C22H22F2N4O/c23-17-8-6-16(7-9-17)20-13-21(27-26-20)28-10-2-5-19(14-28)25-22(29)12-15-3-1-4-18(24)11-15/h1,3-4,6-9,11,13,19H,2,5,10,12,14H2,(H,25,29)(H,26,27)/t19-/m0/s1. The molecule has 150 valence electrons. The second kappa shape index (κ2) is 8.43. The second-order valence-electron chi connectivity index (χ2n) is 7.31. The summed E-state index contributed by atoms with van der Waals surface area (Å²) >= 11 is 0. The van der Waals surface area contributed by atoms with Gasteiger partial charge < -0.3 is 10.2 Å². The van der Waals surface area contributed by atoms with Crippen molar-refractivity contribution in [3.63, 3.8) is 0 Å². The molecule has 3 aromatic rings. The molecular weight excluding hydrogens is 374 g/mol. The Morgan fingerprint density at radius 1 is 1.14 bits per heavy atom. The third-order valence-corrected chi connectivity index (χ3v) is 5.08. The quantitative estimate of drug-likeness (QED) is 0.692. The van der Waals surface area contributed by atoms with Gasteiger partial charge in [0.2, 0.25) is 5.91 Å². The Labute approximate surface area is 167 Å². The van der Waals surface area contributed by atoms with E-state index < -0.39 is 0 Å². The summed E-state index contributed by atoms with van der Waals surface area (Å²) in [6.45, 7) is 1.51. The molecule has 1 amide bonds. The Hall–Kier alpha value is -3.22. The van der Waals surface area contributed by atoms with Gasteiger partial charge in [-0.05, 0) is 60.4 Å². The number of amides is 1. The number of nitrogens with zero attached hydrogens (tertiary/aromatic N) is 2. The number of aromatic amines is 1. The Bertz CT molecular complexity index is 986. The molecule has 5 nitrogen and oxygen atoms in total. The topological polar surface area (TPSA) is 61.0 Å². The van der Waals surface area contributed by atoms with E-state index >= 15 is 0 Å². The van der Waals surface area contributed by atoms with Gasteiger partial charge in [-0.2, -0.15) is 5.10 Å². The van der Waals surface area contributed by atoms with Crippen LogP contribution in [0.5, 0.6) is 0 Å². The van der Waals surface area contributed by atoms with Gasteiger partial charge in [0.05, 0.1) is 12.1 Å². The largest absolute Gasteiger partial charge is 0.353 e. The van der Waals surface area contributed by atoms with Gasteiger partial charge in [-0.3, -0.25) is 9.89 Å². The van der Waals surface area contributed by atoms with Gasteiger partial charge in [0.25, 0.3) is 0 Å². The number of anilines is 1. The number of piperidine rings is 1. The molecule has 1 aliphatic heterocycles. The van der Waals surface area contributed by atoms with E-state index in [0.29, 0.717) is 12.1 Å².